The molecule has 0 amide bonds. The number of rotatable bonds is 4. The molecule has 2 aromatic rings. The monoisotopic (exact) mass is 339 g/mol. The van der Waals surface area contributed by atoms with Crippen LogP contribution in [0.4, 0.5) is 0 Å². The summed E-state index contributed by atoms with van der Waals surface area (Å²) in [7, 11) is 1.67. The summed E-state index contributed by atoms with van der Waals surface area (Å²) >= 11 is 9.44. The Morgan fingerprint density at radius 1 is 1.26 bits per heavy atom. The minimum absolute atomic E-state index is 0.108. The van der Waals surface area contributed by atoms with Crippen molar-refractivity contribution in [2.75, 3.05) is 7.11 Å². The summed E-state index contributed by atoms with van der Waals surface area (Å²) in [5.41, 5.74) is 8.41. The van der Waals surface area contributed by atoms with Gasteiger partial charge in [-0.2, -0.15) is 0 Å². The van der Waals surface area contributed by atoms with Crippen LogP contribution in [0, 0.1) is 0 Å². The molecule has 2 nitrogen and oxygen atoms in total. The van der Waals surface area contributed by atoms with E-state index in [0.717, 1.165) is 21.3 Å². The van der Waals surface area contributed by atoms with Gasteiger partial charge in [-0.25, -0.2) is 0 Å². The van der Waals surface area contributed by atoms with Crippen molar-refractivity contribution in [2.24, 2.45) is 5.73 Å². The Bertz CT molecular complexity index is 574. The molecule has 0 aliphatic carbocycles. The molecular formula is C15H15BrClNO. The van der Waals surface area contributed by atoms with Crippen molar-refractivity contribution in [1.82, 2.24) is 0 Å². The van der Waals surface area contributed by atoms with Crippen LogP contribution in [0.15, 0.2) is 46.9 Å². The van der Waals surface area contributed by atoms with Crippen molar-refractivity contribution in [1.29, 1.82) is 0 Å². The molecule has 0 saturated heterocycles. The lowest BCUT2D eigenvalue weighted by molar-refractivity contribution is 0.408. The molecule has 0 fully saturated rings. The van der Waals surface area contributed by atoms with E-state index in [9.17, 15) is 0 Å². The maximum absolute atomic E-state index is 6.27. The van der Waals surface area contributed by atoms with Gasteiger partial charge in [0.25, 0.3) is 0 Å². The Hall–Kier alpha value is -1.03. The van der Waals surface area contributed by atoms with Gasteiger partial charge in [0.05, 0.1) is 7.11 Å². The zero-order valence-electron chi connectivity index (χ0n) is 10.6. The van der Waals surface area contributed by atoms with Crippen molar-refractivity contribution in [3.63, 3.8) is 0 Å². The first-order chi connectivity index (χ1) is 9.11. The Kier molecular flexibility index (Phi) is 4.86. The van der Waals surface area contributed by atoms with Gasteiger partial charge in [0.2, 0.25) is 0 Å². The number of ether oxygens (including phenoxy) is 1. The topological polar surface area (TPSA) is 35.2 Å². The van der Waals surface area contributed by atoms with E-state index in [-0.39, 0.29) is 6.04 Å². The lowest BCUT2D eigenvalue weighted by atomic mass is 9.99. The van der Waals surface area contributed by atoms with E-state index in [0.29, 0.717) is 11.4 Å². The second kappa shape index (κ2) is 6.42. The molecule has 0 aliphatic heterocycles. The van der Waals surface area contributed by atoms with Crippen LogP contribution in [0.5, 0.6) is 5.75 Å². The predicted octanol–water partition coefficient (Wildman–Crippen LogP) is 4.35. The molecule has 1 unspecified atom stereocenters. The Labute approximate surface area is 126 Å². The molecule has 1 atom stereocenters. The highest BCUT2D eigenvalue weighted by molar-refractivity contribution is 9.10. The van der Waals surface area contributed by atoms with Gasteiger partial charge in [-0.05, 0) is 35.7 Å². The van der Waals surface area contributed by atoms with Crippen molar-refractivity contribution in [3.8, 4) is 5.75 Å². The minimum Gasteiger partial charge on any atom is -0.496 e. The van der Waals surface area contributed by atoms with E-state index >= 15 is 0 Å². The van der Waals surface area contributed by atoms with Gasteiger partial charge in [-0.3, -0.25) is 0 Å². The van der Waals surface area contributed by atoms with E-state index in [2.05, 4.69) is 15.9 Å². The van der Waals surface area contributed by atoms with Gasteiger partial charge >= 0.3 is 0 Å². The molecule has 2 rings (SSSR count). The first kappa shape index (κ1) is 14.4. The van der Waals surface area contributed by atoms with Crippen molar-refractivity contribution in [3.05, 3.63) is 63.1 Å². The molecule has 0 aliphatic rings. The number of benzene rings is 2. The molecule has 19 heavy (non-hydrogen) atoms. The lowest BCUT2D eigenvalue weighted by Crippen LogP contribution is -2.14. The van der Waals surface area contributed by atoms with Gasteiger partial charge in [0, 0.05) is 15.5 Å². The van der Waals surface area contributed by atoms with Gasteiger partial charge in [-0.15, -0.1) is 0 Å². The molecule has 0 bridgehead atoms. The van der Waals surface area contributed by atoms with Gasteiger partial charge < -0.3 is 10.5 Å². The molecule has 0 saturated carbocycles. The Balaban J connectivity index is 2.23. The number of halogens is 2. The van der Waals surface area contributed by atoms with E-state index in [1.54, 1.807) is 7.11 Å². The average molecular weight is 341 g/mol. The fourth-order valence-corrected chi connectivity index (χ4v) is 3.00. The summed E-state index contributed by atoms with van der Waals surface area (Å²) in [6.07, 6.45) is 0.713. The van der Waals surface area contributed by atoms with Gasteiger partial charge in [-0.1, -0.05) is 51.8 Å². The molecule has 2 N–H and O–H groups in total. The van der Waals surface area contributed by atoms with Crippen LogP contribution >= 0.6 is 27.5 Å². The fourth-order valence-electron chi connectivity index (χ4n) is 2.02. The summed E-state index contributed by atoms with van der Waals surface area (Å²) in [5, 5.41) is 0.695. The standard InChI is InChI=1S/C15H15BrClNO/c1-19-15-5-3-2-4-10(15)8-14(18)12-7-6-11(17)9-13(12)16/h2-7,9,14H,8,18H2,1H3. The van der Waals surface area contributed by atoms with Gasteiger partial charge in [0.1, 0.15) is 5.75 Å². The lowest BCUT2D eigenvalue weighted by Gasteiger charge is -2.16. The molecule has 0 aromatic heterocycles. The molecule has 4 heteroatoms. The number of para-hydroxylation sites is 1. The fraction of sp³-hybridized carbons (Fsp3) is 0.200. The maximum atomic E-state index is 6.27. The largest absolute Gasteiger partial charge is 0.496 e. The van der Waals surface area contributed by atoms with E-state index in [1.165, 1.54) is 0 Å². The zero-order valence-corrected chi connectivity index (χ0v) is 12.9. The molecule has 0 radical (unpaired) electrons. The summed E-state index contributed by atoms with van der Waals surface area (Å²) in [5.74, 6) is 0.864. The zero-order chi connectivity index (χ0) is 13.8. The molecule has 100 valence electrons. The second-order valence-corrected chi connectivity index (χ2v) is 5.58. The number of hydrogen-bond acceptors (Lipinski definition) is 2. The Morgan fingerprint density at radius 3 is 2.68 bits per heavy atom. The summed E-state index contributed by atoms with van der Waals surface area (Å²) < 4.78 is 6.28. The molecular weight excluding hydrogens is 326 g/mol. The summed E-state index contributed by atoms with van der Waals surface area (Å²) in [6, 6.07) is 13.5. The normalized spacial score (nSPS) is 12.2. The third-order valence-electron chi connectivity index (χ3n) is 2.99. The highest BCUT2D eigenvalue weighted by Gasteiger charge is 2.13. The van der Waals surface area contributed by atoms with Crippen LogP contribution in [0.25, 0.3) is 0 Å². The number of nitrogens with two attached hydrogens (primary N) is 1. The predicted molar refractivity (Wildman–Crippen MR) is 82.8 cm³/mol. The summed E-state index contributed by atoms with van der Waals surface area (Å²) in [6.45, 7) is 0. The van der Waals surface area contributed by atoms with E-state index < -0.39 is 0 Å². The Morgan fingerprint density at radius 2 is 2.00 bits per heavy atom. The number of hydrogen-bond donors (Lipinski definition) is 1. The molecule has 0 heterocycles. The third-order valence-corrected chi connectivity index (χ3v) is 3.92. The van der Waals surface area contributed by atoms with Crippen molar-refractivity contribution < 1.29 is 4.74 Å². The quantitative estimate of drug-likeness (QED) is 0.898. The number of methoxy groups -OCH3 is 1. The first-order valence-electron chi connectivity index (χ1n) is 5.94. The third kappa shape index (κ3) is 3.50. The highest BCUT2D eigenvalue weighted by atomic mass is 79.9. The van der Waals surface area contributed by atoms with Crippen LogP contribution in [-0.4, -0.2) is 7.11 Å². The van der Waals surface area contributed by atoms with Crippen molar-refractivity contribution in [2.45, 2.75) is 12.5 Å². The van der Waals surface area contributed by atoms with E-state index in [4.69, 9.17) is 22.1 Å². The summed E-state index contributed by atoms with van der Waals surface area (Å²) in [4.78, 5) is 0. The average Bonchev–Trinajstić information content (AvgIpc) is 2.39. The molecule has 0 spiro atoms. The van der Waals surface area contributed by atoms with Crippen molar-refractivity contribution >= 4 is 27.5 Å². The van der Waals surface area contributed by atoms with E-state index in [1.807, 2.05) is 42.5 Å². The maximum Gasteiger partial charge on any atom is 0.122 e. The highest BCUT2D eigenvalue weighted by Crippen LogP contribution is 2.29. The van der Waals surface area contributed by atoms with Crippen LogP contribution in [0.2, 0.25) is 5.02 Å². The second-order valence-electron chi connectivity index (χ2n) is 4.29. The van der Waals surface area contributed by atoms with Crippen LogP contribution in [-0.2, 0) is 6.42 Å². The van der Waals surface area contributed by atoms with Gasteiger partial charge in [0.15, 0.2) is 0 Å². The minimum atomic E-state index is -0.108. The van der Waals surface area contributed by atoms with Crippen LogP contribution < -0.4 is 10.5 Å². The first-order valence-corrected chi connectivity index (χ1v) is 7.11. The SMILES string of the molecule is COc1ccccc1CC(N)c1ccc(Cl)cc1Br. The molecule has 2 aromatic carbocycles. The smallest absolute Gasteiger partial charge is 0.122 e. The van der Waals surface area contributed by atoms with Crippen LogP contribution in [0.1, 0.15) is 17.2 Å². The van der Waals surface area contributed by atoms with Crippen LogP contribution in [0.3, 0.4) is 0 Å².